The normalized spacial score (nSPS) is 14.7. The fourth-order valence-corrected chi connectivity index (χ4v) is 9.16. The zero-order valence-corrected chi connectivity index (χ0v) is 31.0. The van der Waals surface area contributed by atoms with E-state index in [2.05, 4.69) is 195 Å². The minimum Gasteiger partial charge on any atom is -0.456 e. The monoisotopic (exact) mass is 715 g/mol. The topological polar surface area (TPSA) is 25.5 Å². The van der Waals surface area contributed by atoms with Crippen LogP contribution in [0.25, 0.3) is 82.2 Å². The van der Waals surface area contributed by atoms with Crippen LogP contribution >= 0.6 is 0 Å². The summed E-state index contributed by atoms with van der Waals surface area (Å²) in [6.45, 7) is 2.24. The number of hydrogen-bond acceptors (Lipinski definition) is 2. The van der Waals surface area contributed by atoms with Crippen molar-refractivity contribution in [3.8, 4) is 22.3 Å². The third-order valence-electron chi connectivity index (χ3n) is 11.9. The van der Waals surface area contributed by atoms with Crippen LogP contribution in [0, 0.1) is 0 Å². The summed E-state index contributed by atoms with van der Waals surface area (Å²) in [5, 5.41) is 10.0. The summed E-state index contributed by atoms with van der Waals surface area (Å²) in [4.78, 5) is 5.30. The lowest BCUT2D eigenvalue weighted by Crippen LogP contribution is -2.16. The highest BCUT2D eigenvalue weighted by molar-refractivity contribution is 6.25. The number of fused-ring (bicyclic) bond motifs is 9. The molecule has 9 aromatic carbocycles. The highest BCUT2D eigenvalue weighted by Crippen LogP contribution is 2.45. The van der Waals surface area contributed by atoms with E-state index in [1.54, 1.807) is 0 Å². The van der Waals surface area contributed by atoms with Gasteiger partial charge >= 0.3 is 0 Å². The molecule has 0 N–H and O–H groups in total. The first-order valence-corrected chi connectivity index (χ1v) is 19.5. The summed E-state index contributed by atoms with van der Waals surface area (Å²) in [5.74, 6) is 0.107. The number of benzene rings is 9. The van der Waals surface area contributed by atoms with Gasteiger partial charge in [-0.15, -0.1) is 0 Å². The van der Waals surface area contributed by atoms with Crippen LogP contribution in [0.2, 0.25) is 0 Å². The number of allylic oxidation sites excluding steroid dienone is 1. The average molecular weight is 716 g/mol. The Labute approximate surface area is 325 Å². The molecule has 0 aliphatic carbocycles. The zero-order valence-electron chi connectivity index (χ0n) is 31.0. The van der Waals surface area contributed by atoms with E-state index in [1.165, 1.54) is 65.7 Å². The van der Waals surface area contributed by atoms with Gasteiger partial charge in [0.2, 0.25) is 0 Å². The molecule has 0 saturated carbocycles. The van der Waals surface area contributed by atoms with Crippen molar-refractivity contribution in [1.82, 2.24) is 0 Å². The van der Waals surface area contributed by atoms with Crippen LogP contribution in [0.5, 0.6) is 0 Å². The van der Waals surface area contributed by atoms with Gasteiger partial charge in [0, 0.05) is 39.9 Å². The van der Waals surface area contributed by atoms with Crippen molar-refractivity contribution in [3.05, 3.63) is 210 Å². The maximum Gasteiger partial charge on any atom is 0.139 e. The first-order valence-electron chi connectivity index (χ1n) is 19.5. The molecular formula is C54H37NO. The van der Waals surface area contributed by atoms with Gasteiger partial charge in [0.05, 0.1) is 5.70 Å². The van der Waals surface area contributed by atoms with Gasteiger partial charge in [-0.25, -0.2) is 0 Å². The fourth-order valence-electron chi connectivity index (χ4n) is 9.16. The Morgan fingerprint density at radius 1 is 0.446 bits per heavy atom. The molecular weight excluding hydrogens is 679 g/mol. The lowest BCUT2D eigenvalue weighted by Gasteiger charge is -2.27. The molecule has 10 aromatic rings. The second-order valence-electron chi connectivity index (χ2n) is 15.0. The molecule has 2 nitrogen and oxygen atoms in total. The maximum atomic E-state index is 6.91. The summed E-state index contributed by atoms with van der Waals surface area (Å²) in [6, 6.07) is 67.8. The molecule has 0 radical (unpaired) electrons. The van der Waals surface area contributed by atoms with Crippen molar-refractivity contribution >= 4 is 65.7 Å². The number of aliphatic imine (C=N–C) groups is 1. The van der Waals surface area contributed by atoms with Crippen LogP contribution in [0.15, 0.2) is 203 Å². The van der Waals surface area contributed by atoms with Crippen LogP contribution in [0.4, 0.5) is 0 Å². The Morgan fingerprint density at radius 3 is 1.73 bits per heavy atom. The number of hydrogen-bond donors (Lipinski definition) is 0. The van der Waals surface area contributed by atoms with Crippen molar-refractivity contribution in [2.24, 2.45) is 4.99 Å². The molecule has 0 bridgehead atoms. The number of furan rings is 1. The lowest BCUT2D eigenvalue weighted by molar-refractivity contribution is 0.655. The van der Waals surface area contributed by atoms with Crippen LogP contribution < -0.4 is 0 Å². The Balaban J connectivity index is 1.04. The standard InChI is InChI=1S/C54H37NO/c1-34-48(33-50(35-15-4-2-5-16-35)55-53(34)36-17-6-3-7-18-36)46-26-13-27-47-52-40(25-14-28-51(52)56-54(46)47)39-20-12-19-37(31-39)38-29-30-45-43-23-9-8-21-41(43)42-22-10-11-24-44(42)49(45)32-38/h2-32,48H,33H2,1H3. The van der Waals surface area contributed by atoms with Gasteiger partial charge in [0.15, 0.2) is 0 Å². The molecule has 264 valence electrons. The summed E-state index contributed by atoms with van der Waals surface area (Å²) in [7, 11) is 0. The molecule has 0 saturated heterocycles. The van der Waals surface area contributed by atoms with Crippen molar-refractivity contribution in [2.45, 2.75) is 19.3 Å². The van der Waals surface area contributed by atoms with Gasteiger partial charge in [-0.05, 0) is 90.8 Å². The third kappa shape index (κ3) is 5.21. The predicted octanol–water partition coefficient (Wildman–Crippen LogP) is 14.8. The van der Waals surface area contributed by atoms with Crippen molar-refractivity contribution in [1.29, 1.82) is 0 Å². The molecule has 0 amide bonds. The summed E-state index contributed by atoms with van der Waals surface area (Å²) >= 11 is 0. The molecule has 0 fully saturated rings. The number of rotatable bonds is 5. The lowest BCUT2D eigenvalue weighted by atomic mass is 9.81. The van der Waals surface area contributed by atoms with Gasteiger partial charge in [-0.1, -0.05) is 170 Å². The highest BCUT2D eigenvalue weighted by Gasteiger charge is 2.29. The molecule has 1 unspecified atom stereocenters. The van der Waals surface area contributed by atoms with Crippen LogP contribution in [0.3, 0.4) is 0 Å². The smallest absolute Gasteiger partial charge is 0.139 e. The molecule has 56 heavy (non-hydrogen) atoms. The molecule has 2 heteroatoms. The largest absolute Gasteiger partial charge is 0.456 e. The number of para-hydroxylation sites is 1. The Morgan fingerprint density at radius 2 is 1.00 bits per heavy atom. The third-order valence-corrected chi connectivity index (χ3v) is 11.9. The minimum atomic E-state index is 0.107. The van der Waals surface area contributed by atoms with E-state index in [1.807, 2.05) is 0 Å². The van der Waals surface area contributed by atoms with Crippen molar-refractivity contribution < 1.29 is 4.42 Å². The van der Waals surface area contributed by atoms with Gasteiger partial charge in [-0.2, -0.15) is 0 Å². The molecule has 2 heterocycles. The van der Waals surface area contributed by atoms with Gasteiger partial charge < -0.3 is 4.42 Å². The molecule has 11 rings (SSSR count). The Kier molecular flexibility index (Phi) is 7.57. The SMILES string of the molecule is CC1=C(c2ccccc2)N=C(c2ccccc2)CC1c1cccc2c1oc1cccc(-c3cccc(-c4ccc5c6ccccc6c6ccccc6c5c4)c3)c12. The zero-order chi connectivity index (χ0) is 37.2. The number of nitrogens with zero attached hydrogens (tertiary/aromatic N) is 1. The minimum absolute atomic E-state index is 0.107. The summed E-state index contributed by atoms with van der Waals surface area (Å²) < 4.78 is 6.91. The van der Waals surface area contributed by atoms with E-state index in [-0.39, 0.29) is 5.92 Å². The first kappa shape index (κ1) is 32.4. The van der Waals surface area contributed by atoms with E-state index in [0.29, 0.717) is 0 Å². The fraction of sp³-hybridized carbons (Fsp3) is 0.0556. The summed E-state index contributed by atoms with van der Waals surface area (Å²) in [6.07, 6.45) is 0.800. The second-order valence-corrected chi connectivity index (χ2v) is 15.0. The van der Waals surface area contributed by atoms with Gasteiger partial charge in [-0.3, -0.25) is 4.99 Å². The molecule has 0 spiro atoms. The van der Waals surface area contributed by atoms with Crippen LogP contribution in [-0.2, 0) is 0 Å². The van der Waals surface area contributed by atoms with Gasteiger partial charge in [0.25, 0.3) is 0 Å². The molecule has 1 atom stereocenters. The Hall–Kier alpha value is -7.03. The molecule has 1 aliphatic rings. The van der Waals surface area contributed by atoms with E-state index in [9.17, 15) is 0 Å². The summed E-state index contributed by atoms with van der Waals surface area (Å²) in [5.41, 5.74) is 13.5. The molecule has 1 aliphatic heterocycles. The van der Waals surface area contributed by atoms with E-state index < -0.39 is 0 Å². The highest BCUT2D eigenvalue weighted by atomic mass is 16.3. The Bertz CT molecular complexity index is 3190. The average Bonchev–Trinajstić information content (AvgIpc) is 3.67. The van der Waals surface area contributed by atoms with Crippen molar-refractivity contribution in [3.63, 3.8) is 0 Å². The van der Waals surface area contributed by atoms with Crippen LogP contribution in [-0.4, -0.2) is 5.71 Å². The second kappa shape index (κ2) is 13.1. The quantitative estimate of drug-likeness (QED) is 0.163. The molecule has 1 aromatic heterocycles. The van der Waals surface area contributed by atoms with Crippen LogP contribution in [0.1, 0.15) is 36.0 Å². The predicted molar refractivity (Wildman–Crippen MR) is 236 cm³/mol. The van der Waals surface area contributed by atoms with E-state index in [4.69, 9.17) is 9.41 Å². The van der Waals surface area contributed by atoms with E-state index >= 15 is 0 Å². The maximum absolute atomic E-state index is 6.91. The van der Waals surface area contributed by atoms with Gasteiger partial charge in [0.1, 0.15) is 11.2 Å². The van der Waals surface area contributed by atoms with Crippen molar-refractivity contribution in [2.75, 3.05) is 0 Å². The van der Waals surface area contributed by atoms with E-state index in [0.717, 1.165) is 50.9 Å². The first-order chi connectivity index (χ1) is 27.7.